The van der Waals surface area contributed by atoms with Gasteiger partial charge in [0.2, 0.25) is 0 Å². The van der Waals surface area contributed by atoms with Crippen LogP contribution >= 0.6 is 7.60 Å². The maximum atomic E-state index is 9.90. The summed E-state index contributed by atoms with van der Waals surface area (Å²) in [5, 5.41) is 6.07. The van der Waals surface area contributed by atoms with Crippen molar-refractivity contribution >= 4 is 7.60 Å². The Morgan fingerprint density at radius 1 is 1.43 bits per heavy atom. The van der Waals surface area contributed by atoms with Gasteiger partial charge >= 0.3 is 7.60 Å². The summed E-state index contributed by atoms with van der Waals surface area (Å²) in [5.41, 5.74) is 0. The second-order valence-electron chi connectivity index (χ2n) is 1.17. The summed E-state index contributed by atoms with van der Waals surface area (Å²) in [6.45, 7) is 0. The molecule has 2 N–H and O–H groups in total. The minimum Gasteiger partial charge on any atom is -0.321 e. The van der Waals surface area contributed by atoms with E-state index < -0.39 is 13.5 Å². The van der Waals surface area contributed by atoms with E-state index in [1.807, 2.05) is 0 Å². The molecule has 0 bridgehead atoms. The normalized spacial score (nSPS) is 20.3. The first-order chi connectivity index (χ1) is 3.11. The van der Waals surface area contributed by atoms with Gasteiger partial charge in [0.25, 0.3) is 5.91 Å². The first-order valence-corrected chi connectivity index (χ1v) is 3.24. The molecular weight excluding hydrogens is 119 g/mol. The van der Waals surface area contributed by atoms with E-state index in [1.165, 1.54) is 0 Å². The predicted molar refractivity (Wildman–Crippen MR) is 20.7 cm³/mol. The van der Waals surface area contributed by atoms with E-state index in [4.69, 9.17) is 9.79 Å². The highest BCUT2D eigenvalue weighted by Crippen LogP contribution is 2.48. The standard InChI is InChI=1S/CH3N2O3P/c4-7(5,6)1-2-3-1/h1H,(H2,4,5,6). The van der Waals surface area contributed by atoms with Gasteiger partial charge in [0.1, 0.15) is 0 Å². The minimum absolute atomic E-state index is 1.03. The molecule has 0 saturated carbocycles. The fourth-order valence-electron chi connectivity index (χ4n) is 0.164. The fraction of sp³-hybridized carbons (Fsp3) is 1.00. The first kappa shape index (κ1) is 4.90. The lowest BCUT2D eigenvalue weighted by atomic mass is 11.4. The maximum Gasteiger partial charge on any atom is 0.375 e. The van der Waals surface area contributed by atoms with Crippen molar-refractivity contribution in [2.75, 3.05) is 0 Å². The Kier molecular flexibility index (Phi) is 0.786. The average Bonchev–Trinajstić information content (AvgIpc) is 1.99. The zero-order chi connectivity index (χ0) is 5.49. The van der Waals surface area contributed by atoms with Gasteiger partial charge in [-0.3, -0.25) is 4.57 Å². The largest absolute Gasteiger partial charge is 0.375 e. The summed E-state index contributed by atoms with van der Waals surface area (Å²) in [6, 6.07) is 0. The molecule has 7 heavy (non-hydrogen) atoms. The fourth-order valence-corrected chi connectivity index (χ4v) is 0.493. The van der Waals surface area contributed by atoms with Crippen LogP contribution < -0.4 is 0 Å². The van der Waals surface area contributed by atoms with Crippen LogP contribution in [-0.4, -0.2) is 15.7 Å². The molecule has 0 atom stereocenters. The highest BCUT2D eigenvalue weighted by Gasteiger charge is 2.36. The van der Waals surface area contributed by atoms with E-state index in [0.717, 1.165) is 0 Å². The van der Waals surface area contributed by atoms with Crippen LogP contribution in [0.15, 0.2) is 10.2 Å². The summed E-state index contributed by atoms with van der Waals surface area (Å²) in [6.07, 6.45) is 0. The van der Waals surface area contributed by atoms with Gasteiger partial charge in [-0.1, -0.05) is 0 Å². The van der Waals surface area contributed by atoms with Gasteiger partial charge < -0.3 is 9.79 Å². The van der Waals surface area contributed by atoms with E-state index >= 15 is 0 Å². The molecule has 1 rings (SSSR count). The van der Waals surface area contributed by atoms with Crippen LogP contribution in [0.4, 0.5) is 0 Å². The van der Waals surface area contributed by atoms with Crippen molar-refractivity contribution in [3.8, 4) is 0 Å². The third-order valence-electron chi connectivity index (χ3n) is 0.520. The van der Waals surface area contributed by atoms with E-state index in [-0.39, 0.29) is 0 Å². The molecule has 0 aliphatic carbocycles. The van der Waals surface area contributed by atoms with Crippen molar-refractivity contribution in [2.45, 2.75) is 5.91 Å². The minimum atomic E-state index is -3.96. The van der Waals surface area contributed by atoms with Crippen LogP contribution in [0, 0.1) is 0 Å². The number of hydrogen-bond donors (Lipinski definition) is 2. The average molecular weight is 122 g/mol. The molecule has 6 heteroatoms. The molecule has 40 valence electrons. The lowest BCUT2D eigenvalue weighted by Crippen LogP contribution is -1.84. The summed E-state index contributed by atoms with van der Waals surface area (Å²) >= 11 is 0. The van der Waals surface area contributed by atoms with E-state index in [2.05, 4.69) is 10.2 Å². The van der Waals surface area contributed by atoms with Crippen LogP contribution in [0.3, 0.4) is 0 Å². The molecule has 0 aromatic heterocycles. The highest BCUT2D eigenvalue weighted by atomic mass is 31.2. The molecule has 5 nitrogen and oxygen atoms in total. The summed E-state index contributed by atoms with van der Waals surface area (Å²) in [4.78, 5) is 16.2. The van der Waals surface area contributed by atoms with Crippen molar-refractivity contribution in [3.63, 3.8) is 0 Å². The van der Waals surface area contributed by atoms with Crippen molar-refractivity contribution in [3.05, 3.63) is 0 Å². The Labute approximate surface area is 39.2 Å². The Morgan fingerprint density at radius 3 is 1.86 bits per heavy atom. The Balaban J connectivity index is 2.55. The van der Waals surface area contributed by atoms with Gasteiger partial charge in [-0.15, -0.1) is 10.2 Å². The van der Waals surface area contributed by atoms with E-state index in [1.54, 1.807) is 0 Å². The molecule has 1 aliphatic heterocycles. The molecule has 0 spiro atoms. The lowest BCUT2D eigenvalue weighted by Gasteiger charge is -1.91. The van der Waals surface area contributed by atoms with E-state index in [9.17, 15) is 4.57 Å². The van der Waals surface area contributed by atoms with Crippen molar-refractivity contribution < 1.29 is 14.4 Å². The van der Waals surface area contributed by atoms with E-state index in [0.29, 0.717) is 0 Å². The molecule has 1 aliphatic rings. The number of hydrogen-bond acceptors (Lipinski definition) is 3. The molecular formula is CH3N2O3P. The van der Waals surface area contributed by atoms with Gasteiger partial charge in [0, 0.05) is 0 Å². The molecule has 0 unspecified atom stereocenters. The van der Waals surface area contributed by atoms with Crippen molar-refractivity contribution in [2.24, 2.45) is 10.2 Å². The predicted octanol–water partition coefficient (Wildman–Crippen LogP) is -0.0865. The van der Waals surface area contributed by atoms with Crippen molar-refractivity contribution in [1.82, 2.24) is 0 Å². The molecule has 1 heterocycles. The third-order valence-corrected chi connectivity index (χ3v) is 1.33. The monoisotopic (exact) mass is 122 g/mol. The topological polar surface area (TPSA) is 82.2 Å². The second-order valence-corrected chi connectivity index (χ2v) is 2.81. The van der Waals surface area contributed by atoms with Gasteiger partial charge in [-0.25, -0.2) is 0 Å². The summed E-state index contributed by atoms with van der Waals surface area (Å²) in [5.74, 6) is -1.03. The lowest BCUT2D eigenvalue weighted by molar-refractivity contribution is 0.369. The van der Waals surface area contributed by atoms with Crippen molar-refractivity contribution in [1.29, 1.82) is 0 Å². The highest BCUT2D eigenvalue weighted by molar-refractivity contribution is 7.52. The van der Waals surface area contributed by atoms with Crippen LogP contribution in [0.25, 0.3) is 0 Å². The SMILES string of the molecule is O=P(O)(O)C1N=N1. The third kappa shape index (κ3) is 1.06. The Bertz CT molecular complexity index is 141. The molecule has 0 fully saturated rings. The summed E-state index contributed by atoms with van der Waals surface area (Å²) < 4.78 is 9.90. The summed E-state index contributed by atoms with van der Waals surface area (Å²) in [7, 11) is -3.96. The van der Waals surface area contributed by atoms with Gasteiger partial charge in [0.15, 0.2) is 0 Å². The Morgan fingerprint density at radius 2 is 1.86 bits per heavy atom. The molecule has 0 radical (unpaired) electrons. The number of nitrogens with zero attached hydrogens (tertiary/aromatic N) is 2. The smallest absolute Gasteiger partial charge is 0.321 e. The maximum absolute atomic E-state index is 9.90. The van der Waals surface area contributed by atoms with Crippen LogP contribution in [0.1, 0.15) is 0 Å². The van der Waals surface area contributed by atoms with Crippen LogP contribution in [0.5, 0.6) is 0 Å². The second kappa shape index (κ2) is 1.12. The first-order valence-electron chi connectivity index (χ1n) is 1.56. The van der Waals surface area contributed by atoms with Crippen LogP contribution in [0.2, 0.25) is 0 Å². The van der Waals surface area contributed by atoms with Gasteiger partial charge in [-0.2, -0.15) is 0 Å². The number of rotatable bonds is 1. The quantitative estimate of drug-likeness (QED) is 0.477. The van der Waals surface area contributed by atoms with Crippen LogP contribution in [-0.2, 0) is 4.57 Å². The van der Waals surface area contributed by atoms with Gasteiger partial charge in [0.05, 0.1) is 0 Å². The molecule has 0 aromatic rings. The molecule has 0 aromatic carbocycles. The molecule has 0 amide bonds. The Hall–Kier alpha value is -0.250. The molecule has 0 saturated heterocycles. The zero-order valence-corrected chi connectivity index (χ0v) is 4.12. The zero-order valence-electron chi connectivity index (χ0n) is 3.22. The van der Waals surface area contributed by atoms with Gasteiger partial charge in [-0.05, 0) is 0 Å².